The normalized spacial score (nSPS) is 16.1. The topological polar surface area (TPSA) is 80.2 Å². The van der Waals surface area contributed by atoms with Crippen molar-refractivity contribution in [3.8, 4) is 5.75 Å². The third kappa shape index (κ3) is 4.26. The van der Waals surface area contributed by atoms with Crippen LogP contribution in [-0.4, -0.2) is 42.4 Å². The van der Waals surface area contributed by atoms with E-state index >= 15 is 0 Å². The number of rotatable bonds is 7. The number of carbonyl (C=O) groups excluding carboxylic acids is 1. The van der Waals surface area contributed by atoms with E-state index in [1.807, 2.05) is 41.2 Å². The fourth-order valence-electron chi connectivity index (χ4n) is 2.67. The first-order valence-corrected chi connectivity index (χ1v) is 8.13. The van der Waals surface area contributed by atoms with Crippen molar-refractivity contribution < 1.29 is 9.53 Å². The van der Waals surface area contributed by atoms with E-state index in [9.17, 15) is 4.79 Å². The van der Waals surface area contributed by atoms with Gasteiger partial charge in [-0.1, -0.05) is 12.1 Å². The molecule has 0 unspecified atom stereocenters. The maximum atomic E-state index is 11.1. The van der Waals surface area contributed by atoms with Gasteiger partial charge in [0.2, 0.25) is 0 Å². The summed E-state index contributed by atoms with van der Waals surface area (Å²) in [4.78, 5) is 11.1. The zero-order chi connectivity index (χ0) is 16.8. The Morgan fingerprint density at radius 2 is 2.21 bits per heavy atom. The summed E-state index contributed by atoms with van der Waals surface area (Å²) >= 11 is 0. The average Bonchev–Trinajstić information content (AvgIpc) is 3.08. The Kier molecular flexibility index (Phi) is 5.32. The predicted octanol–water partition coefficient (Wildman–Crippen LogP) is 0.839. The van der Waals surface area contributed by atoms with Crippen LogP contribution >= 0.6 is 0 Å². The Hall–Kier alpha value is -2.54. The Bertz CT molecular complexity index is 668. The third-order valence-corrected chi connectivity index (χ3v) is 4.05. The number of ether oxygens (including phenoxy) is 1. The number of aromatic nitrogens is 2. The van der Waals surface area contributed by atoms with Crippen LogP contribution in [0.4, 0.5) is 5.82 Å². The highest BCUT2D eigenvalue weighted by atomic mass is 16.5. The molecule has 0 aliphatic carbocycles. The summed E-state index contributed by atoms with van der Waals surface area (Å²) in [6, 6.07) is 9.79. The van der Waals surface area contributed by atoms with Crippen LogP contribution in [0, 0.1) is 5.92 Å². The maximum absolute atomic E-state index is 11.1. The van der Waals surface area contributed by atoms with Crippen molar-refractivity contribution in [1.29, 1.82) is 0 Å². The van der Waals surface area contributed by atoms with E-state index in [-0.39, 0.29) is 12.5 Å². The van der Waals surface area contributed by atoms with E-state index in [2.05, 4.69) is 21.0 Å². The number of amides is 1. The van der Waals surface area contributed by atoms with Crippen molar-refractivity contribution in [2.24, 2.45) is 5.92 Å². The van der Waals surface area contributed by atoms with E-state index in [0.29, 0.717) is 11.7 Å². The minimum atomic E-state index is -0.137. The van der Waals surface area contributed by atoms with Gasteiger partial charge in [-0.25, -0.2) is 4.68 Å². The summed E-state index contributed by atoms with van der Waals surface area (Å²) in [7, 11) is 1.59. The van der Waals surface area contributed by atoms with Crippen molar-refractivity contribution in [3.05, 3.63) is 42.1 Å². The molecule has 128 valence electrons. The summed E-state index contributed by atoms with van der Waals surface area (Å²) in [5.74, 6) is 2.18. The van der Waals surface area contributed by atoms with Crippen LogP contribution in [0.5, 0.6) is 5.75 Å². The van der Waals surface area contributed by atoms with Crippen LogP contribution in [0.1, 0.15) is 5.56 Å². The zero-order valence-corrected chi connectivity index (χ0v) is 13.8. The van der Waals surface area contributed by atoms with Gasteiger partial charge in [0, 0.05) is 45.2 Å². The highest BCUT2D eigenvalue weighted by Crippen LogP contribution is 2.16. The van der Waals surface area contributed by atoms with Crippen molar-refractivity contribution in [3.63, 3.8) is 0 Å². The first-order valence-electron chi connectivity index (χ1n) is 8.13. The lowest BCUT2D eigenvalue weighted by Crippen LogP contribution is -2.35. The standard InChI is InChI=1S/C17H23N5O2/c1-18-17(23)12-24-15-4-2-13(3-5-15)8-19-9-14-10-20-16-6-7-21-22(16)11-14/h2-7,14,19-20H,8-12H2,1H3,(H,18,23)/t14-/m0/s1. The Morgan fingerprint density at radius 1 is 1.38 bits per heavy atom. The summed E-state index contributed by atoms with van der Waals surface area (Å²) in [6.07, 6.45) is 1.83. The number of nitrogens with one attached hydrogen (secondary N) is 3. The summed E-state index contributed by atoms with van der Waals surface area (Å²) in [6.45, 7) is 3.68. The number of hydrogen-bond acceptors (Lipinski definition) is 5. The lowest BCUT2D eigenvalue weighted by molar-refractivity contribution is -0.122. The fraction of sp³-hybridized carbons (Fsp3) is 0.412. The molecular formula is C17H23N5O2. The third-order valence-electron chi connectivity index (χ3n) is 4.05. The van der Waals surface area contributed by atoms with Gasteiger partial charge >= 0.3 is 0 Å². The molecular weight excluding hydrogens is 306 g/mol. The number of benzene rings is 1. The van der Waals surface area contributed by atoms with Gasteiger partial charge in [0.25, 0.3) is 5.91 Å². The molecule has 24 heavy (non-hydrogen) atoms. The largest absolute Gasteiger partial charge is 0.484 e. The van der Waals surface area contributed by atoms with Crippen molar-refractivity contribution in [2.75, 3.05) is 32.1 Å². The number of hydrogen-bond donors (Lipinski definition) is 3. The number of carbonyl (C=O) groups is 1. The SMILES string of the molecule is CNC(=O)COc1ccc(CNC[C@H]2CNc3ccnn3C2)cc1. The number of fused-ring (bicyclic) bond motifs is 1. The molecule has 0 bridgehead atoms. The molecule has 0 radical (unpaired) electrons. The van der Waals surface area contributed by atoms with Gasteiger partial charge in [0.15, 0.2) is 6.61 Å². The molecule has 0 spiro atoms. The molecule has 1 aromatic carbocycles. The minimum Gasteiger partial charge on any atom is -0.484 e. The molecule has 2 aromatic rings. The fourth-order valence-corrected chi connectivity index (χ4v) is 2.67. The van der Waals surface area contributed by atoms with Crippen molar-refractivity contribution in [1.82, 2.24) is 20.4 Å². The zero-order valence-electron chi connectivity index (χ0n) is 13.8. The molecule has 1 aliphatic rings. The second kappa shape index (κ2) is 7.83. The number of anilines is 1. The summed E-state index contributed by atoms with van der Waals surface area (Å²) < 4.78 is 7.40. The van der Waals surface area contributed by atoms with E-state index in [4.69, 9.17) is 4.74 Å². The molecule has 0 saturated heterocycles. The highest BCUT2D eigenvalue weighted by Gasteiger charge is 2.17. The Morgan fingerprint density at radius 3 is 3.00 bits per heavy atom. The van der Waals surface area contributed by atoms with Crippen LogP contribution in [-0.2, 0) is 17.9 Å². The van der Waals surface area contributed by atoms with E-state index in [1.165, 1.54) is 5.56 Å². The lowest BCUT2D eigenvalue weighted by atomic mass is 10.1. The molecule has 1 atom stereocenters. The molecule has 0 saturated carbocycles. The van der Waals surface area contributed by atoms with Crippen LogP contribution in [0.25, 0.3) is 0 Å². The molecule has 3 N–H and O–H groups in total. The number of nitrogens with zero attached hydrogens (tertiary/aromatic N) is 2. The smallest absolute Gasteiger partial charge is 0.257 e. The van der Waals surface area contributed by atoms with Gasteiger partial charge in [-0.15, -0.1) is 0 Å². The van der Waals surface area contributed by atoms with Crippen molar-refractivity contribution in [2.45, 2.75) is 13.1 Å². The molecule has 7 heteroatoms. The molecule has 0 fully saturated rings. The molecule has 3 rings (SSSR count). The van der Waals surface area contributed by atoms with Crippen LogP contribution in [0.3, 0.4) is 0 Å². The molecule has 7 nitrogen and oxygen atoms in total. The maximum Gasteiger partial charge on any atom is 0.257 e. The van der Waals surface area contributed by atoms with Gasteiger partial charge in [-0.05, 0) is 17.7 Å². The second-order valence-electron chi connectivity index (χ2n) is 5.88. The van der Waals surface area contributed by atoms with Gasteiger partial charge in [0.1, 0.15) is 11.6 Å². The van der Waals surface area contributed by atoms with Crippen LogP contribution in [0.15, 0.2) is 36.5 Å². The second-order valence-corrected chi connectivity index (χ2v) is 5.88. The Labute approximate surface area is 141 Å². The molecule has 2 heterocycles. The first-order chi connectivity index (χ1) is 11.7. The quantitative estimate of drug-likeness (QED) is 0.701. The minimum absolute atomic E-state index is 0.0399. The Balaban J connectivity index is 1.40. The van der Waals surface area contributed by atoms with E-state index in [0.717, 1.165) is 32.0 Å². The molecule has 1 amide bonds. The lowest BCUT2D eigenvalue weighted by Gasteiger charge is -2.25. The van der Waals surface area contributed by atoms with E-state index in [1.54, 1.807) is 7.05 Å². The van der Waals surface area contributed by atoms with Gasteiger partial charge in [-0.3, -0.25) is 4.79 Å². The van der Waals surface area contributed by atoms with Gasteiger partial charge < -0.3 is 20.7 Å². The van der Waals surface area contributed by atoms with Crippen molar-refractivity contribution >= 4 is 11.7 Å². The summed E-state index contributed by atoms with van der Waals surface area (Å²) in [5.41, 5.74) is 1.19. The summed E-state index contributed by atoms with van der Waals surface area (Å²) in [5, 5.41) is 13.7. The number of likely N-dealkylation sites (N-methyl/N-ethyl adjacent to an activating group) is 1. The highest BCUT2D eigenvalue weighted by molar-refractivity contribution is 5.77. The first kappa shape index (κ1) is 16.3. The molecule has 1 aromatic heterocycles. The van der Waals surface area contributed by atoms with E-state index < -0.39 is 0 Å². The van der Waals surface area contributed by atoms with Crippen LogP contribution < -0.4 is 20.7 Å². The average molecular weight is 329 g/mol. The van der Waals surface area contributed by atoms with Gasteiger partial charge in [-0.2, -0.15) is 5.10 Å². The molecule has 1 aliphatic heterocycles. The monoisotopic (exact) mass is 329 g/mol. The van der Waals surface area contributed by atoms with Crippen LogP contribution in [0.2, 0.25) is 0 Å². The van der Waals surface area contributed by atoms with Gasteiger partial charge in [0.05, 0.1) is 6.20 Å². The predicted molar refractivity (Wildman–Crippen MR) is 91.9 cm³/mol.